The van der Waals surface area contributed by atoms with Crippen molar-refractivity contribution >= 4 is 34.9 Å². The number of nitrogens with one attached hydrogen (secondary N) is 1. The van der Waals surface area contributed by atoms with Crippen LogP contribution in [0.3, 0.4) is 0 Å². The zero-order chi connectivity index (χ0) is 24.5. The topological polar surface area (TPSA) is 66.5 Å². The maximum atomic E-state index is 14.1. The van der Waals surface area contributed by atoms with Gasteiger partial charge in [-0.1, -0.05) is 30.4 Å². The van der Waals surface area contributed by atoms with E-state index in [1.54, 1.807) is 47.4 Å². The van der Waals surface area contributed by atoms with Crippen LogP contribution in [0.1, 0.15) is 28.4 Å². The van der Waals surface area contributed by atoms with E-state index >= 15 is 0 Å². The molecule has 4 atom stereocenters. The molecular formula is C28H20F2N2O3. The van der Waals surface area contributed by atoms with E-state index in [1.165, 1.54) is 43.3 Å². The number of halogens is 2. The van der Waals surface area contributed by atoms with E-state index < -0.39 is 40.8 Å². The van der Waals surface area contributed by atoms with Crippen molar-refractivity contribution in [2.24, 2.45) is 5.92 Å². The monoisotopic (exact) mass is 470 g/mol. The Labute approximate surface area is 200 Å². The number of ketones is 2. The molecule has 3 aliphatic heterocycles. The van der Waals surface area contributed by atoms with Crippen LogP contribution in [-0.2, 0) is 15.0 Å². The fourth-order valence-corrected chi connectivity index (χ4v) is 6.10. The first-order valence-electron chi connectivity index (χ1n) is 11.3. The number of Topliss-reactive ketones (excluding diaryl/α,β-unsaturated/α-hetero) is 2. The summed E-state index contributed by atoms with van der Waals surface area (Å²) in [5.41, 5.74) is 1.13. The molecule has 3 aromatic carbocycles. The van der Waals surface area contributed by atoms with Crippen molar-refractivity contribution in [3.8, 4) is 0 Å². The molecule has 0 aliphatic carbocycles. The van der Waals surface area contributed by atoms with Gasteiger partial charge in [-0.3, -0.25) is 14.4 Å². The van der Waals surface area contributed by atoms with Gasteiger partial charge in [-0.05, 0) is 61.0 Å². The predicted molar refractivity (Wildman–Crippen MR) is 127 cm³/mol. The number of nitrogens with zero attached hydrogens (tertiary/aromatic N) is 1. The van der Waals surface area contributed by atoms with Gasteiger partial charge in [0, 0.05) is 22.5 Å². The Balaban J connectivity index is 1.65. The van der Waals surface area contributed by atoms with Crippen LogP contribution in [-0.4, -0.2) is 29.6 Å². The molecule has 3 aromatic rings. The first-order chi connectivity index (χ1) is 16.8. The molecule has 0 aromatic heterocycles. The smallest absolute Gasteiger partial charge is 0.238 e. The van der Waals surface area contributed by atoms with Gasteiger partial charge in [-0.25, -0.2) is 8.78 Å². The number of amides is 1. The highest BCUT2D eigenvalue weighted by atomic mass is 19.1. The van der Waals surface area contributed by atoms with E-state index in [0.29, 0.717) is 22.5 Å². The highest BCUT2D eigenvalue weighted by Crippen LogP contribution is 2.57. The Bertz CT molecular complexity index is 1450. The Morgan fingerprint density at radius 2 is 1.69 bits per heavy atom. The Morgan fingerprint density at radius 1 is 0.971 bits per heavy atom. The van der Waals surface area contributed by atoms with Gasteiger partial charge in [0.1, 0.15) is 17.0 Å². The minimum atomic E-state index is -1.42. The number of carbonyl (C=O) groups is 3. The fourth-order valence-electron chi connectivity index (χ4n) is 6.10. The second-order valence-electron chi connectivity index (χ2n) is 9.19. The molecule has 7 heteroatoms. The lowest BCUT2D eigenvalue weighted by molar-refractivity contribution is -0.122. The minimum absolute atomic E-state index is 0.211. The van der Waals surface area contributed by atoms with Crippen LogP contribution in [0.25, 0.3) is 6.08 Å². The molecule has 1 spiro atoms. The van der Waals surface area contributed by atoms with Crippen LogP contribution in [0.15, 0.2) is 72.8 Å². The van der Waals surface area contributed by atoms with E-state index in [0.717, 1.165) is 0 Å². The summed E-state index contributed by atoms with van der Waals surface area (Å²) in [4.78, 5) is 43.1. The third kappa shape index (κ3) is 2.81. The number of para-hydroxylation sites is 1. The summed E-state index contributed by atoms with van der Waals surface area (Å²) in [7, 11) is 0. The lowest BCUT2D eigenvalue weighted by Gasteiger charge is -2.37. The van der Waals surface area contributed by atoms with Crippen LogP contribution >= 0.6 is 0 Å². The lowest BCUT2D eigenvalue weighted by atomic mass is 9.64. The zero-order valence-corrected chi connectivity index (χ0v) is 18.7. The van der Waals surface area contributed by atoms with Gasteiger partial charge in [0.05, 0.1) is 18.0 Å². The Hall–Kier alpha value is -4.13. The third-order valence-electron chi connectivity index (χ3n) is 7.42. The highest BCUT2D eigenvalue weighted by molar-refractivity contribution is 6.16. The molecule has 3 heterocycles. The second-order valence-corrected chi connectivity index (χ2v) is 9.19. The number of fused-ring (bicyclic) bond motifs is 6. The molecule has 35 heavy (non-hydrogen) atoms. The van der Waals surface area contributed by atoms with Gasteiger partial charge in [-0.15, -0.1) is 0 Å². The third-order valence-corrected chi connectivity index (χ3v) is 7.42. The Kier molecular flexibility index (Phi) is 4.55. The number of anilines is 2. The second kappa shape index (κ2) is 7.43. The van der Waals surface area contributed by atoms with Crippen molar-refractivity contribution in [1.82, 2.24) is 0 Å². The summed E-state index contributed by atoms with van der Waals surface area (Å²) in [6, 6.07) is 14.8. The molecule has 0 unspecified atom stereocenters. The zero-order valence-electron chi connectivity index (χ0n) is 18.7. The molecule has 1 N–H and O–H groups in total. The summed E-state index contributed by atoms with van der Waals surface area (Å²) >= 11 is 0. The van der Waals surface area contributed by atoms with Gasteiger partial charge in [0.15, 0.2) is 11.6 Å². The molecule has 0 saturated carbocycles. The van der Waals surface area contributed by atoms with Gasteiger partial charge < -0.3 is 10.2 Å². The van der Waals surface area contributed by atoms with E-state index in [4.69, 9.17) is 0 Å². The molecule has 6 rings (SSSR count). The van der Waals surface area contributed by atoms with Crippen LogP contribution in [0.4, 0.5) is 20.2 Å². The van der Waals surface area contributed by atoms with E-state index in [-0.39, 0.29) is 17.3 Å². The van der Waals surface area contributed by atoms with Gasteiger partial charge >= 0.3 is 0 Å². The van der Waals surface area contributed by atoms with Crippen molar-refractivity contribution in [1.29, 1.82) is 0 Å². The average Bonchev–Trinajstić information content (AvgIpc) is 3.32. The molecule has 5 nitrogen and oxygen atoms in total. The molecule has 1 saturated heterocycles. The summed E-state index contributed by atoms with van der Waals surface area (Å²) in [5.74, 6) is -3.12. The lowest BCUT2D eigenvalue weighted by Crippen LogP contribution is -2.51. The quantitative estimate of drug-likeness (QED) is 0.572. The number of hydrogen-bond donors (Lipinski definition) is 1. The van der Waals surface area contributed by atoms with E-state index in [1.807, 2.05) is 0 Å². The maximum absolute atomic E-state index is 14.1. The van der Waals surface area contributed by atoms with Gasteiger partial charge in [-0.2, -0.15) is 0 Å². The molecule has 3 aliphatic rings. The first-order valence-corrected chi connectivity index (χ1v) is 11.3. The molecule has 0 bridgehead atoms. The van der Waals surface area contributed by atoms with Crippen LogP contribution in [0, 0.1) is 17.6 Å². The summed E-state index contributed by atoms with van der Waals surface area (Å²) in [6.45, 7) is 1.39. The van der Waals surface area contributed by atoms with Gasteiger partial charge in [0.2, 0.25) is 5.91 Å². The molecular weight excluding hydrogens is 450 g/mol. The van der Waals surface area contributed by atoms with Gasteiger partial charge in [0.25, 0.3) is 0 Å². The van der Waals surface area contributed by atoms with Crippen molar-refractivity contribution in [3.05, 3.63) is 101 Å². The average molecular weight is 470 g/mol. The summed E-state index contributed by atoms with van der Waals surface area (Å²) in [5, 5.41) is 2.92. The summed E-state index contributed by atoms with van der Waals surface area (Å²) < 4.78 is 27.7. The number of carbonyl (C=O) groups excluding carboxylic acids is 3. The number of rotatable bonds is 3. The SMILES string of the molecule is CC(=O)[C@@H]1[C@H](C(=O)c2ccc(F)cc2)[C@]2(C(=O)Nc3ccccc32)[C@@H]2C=Cc3cc(F)ccc3N12. The van der Waals surface area contributed by atoms with E-state index in [2.05, 4.69) is 5.32 Å². The van der Waals surface area contributed by atoms with Crippen molar-refractivity contribution in [3.63, 3.8) is 0 Å². The van der Waals surface area contributed by atoms with Crippen LogP contribution in [0.5, 0.6) is 0 Å². The standard InChI is InChI=1S/C28H20F2N2O3/c1-15(33)25-24(26(34)16-6-9-18(29)10-7-16)28(20-4-2-3-5-21(20)31-27(28)35)23-13-8-17-14-19(30)11-12-22(17)32(23)25/h2-14,23-25H,1H3,(H,31,35)/t23-,24+,25+,28+/m0/s1. The maximum Gasteiger partial charge on any atom is 0.238 e. The molecule has 0 radical (unpaired) electrons. The van der Waals surface area contributed by atoms with Crippen LogP contribution in [0.2, 0.25) is 0 Å². The molecule has 174 valence electrons. The molecule has 1 amide bonds. The normalized spacial score (nSPS) is 25.7. The Morgan fingerprint density at radius 3 is 2.43 bits per heavy atom. The summed E-state index contributed by atoms with van der Waals surface area (Å²) in [6.07, 6.45) is 3.51. The first kappa shape index (κ1) is 21.4. The van der Waals surface area contributed by atoms with Crippen molar-refractivity contribution in [2.75, 3.05) is 10.2 Å². The number of hydrogen-bond acceptors (Lipinski definition) is 4. The van der Waals surface area contributed by atoms with Crippen molar-refractivity contribution in [2.45, 2.75) is 24.4 Å². The largest absolute Gasteiger partial charge is 0.352 e. The van der Waals surface area contributed by atoms with Crippen molar-refractivity contribution < 1.29 is 23.2 Å². The number of benzene rings is 3. The highest BCUT2D eigenvalue weighted by Gasteiger charge is 2.69. The van der Waals surface area contributed by atoms with Crippen LogP contribution < -0.4 is 10.2 Å². The minimum Gasteiger partial charge on any atom is -0.352 e. The van der Waals surface area contributed by atoms with E-state index in [9.17, 15) is 23.2 Å². The fraction of sp³-hybridized carbons (Fsp3) is 0.179. The predicted octanol–water partition coefficient (Wildman–Crippen LogP) is 4.53. The molecule has 1 fully saturated rings.